The lowest BCUT2D eigenvalue weighted by Crippen LogP contribution is -1.97. The van der Waals surface area contributed by atoms with Crippen LogP contribution in [0.3, 0.4) is 0 Å². The third-order valence-corrected chi connectivity index (χ3v) is 3.16. The van der Waals surface area contributed by atoms with Gasteiger partial charge in [0.1, 0.15) is 11.3 Å². The lowest BCUT2D eigenvalue weighted by molar-refractivity contribution is 0.475. The van der Waals surface area contributed by atoms with Crippen molar-refractivity contribution in [1.29, 1.82) is 0 Å². The van der Waals surface area contributed by atoms with E-state index < -0.39 is 0 Å². The highest BCUT2D eigenvalue weighted by Gasteiger charge is 2.03. The first kappa shape index (κ1) is 9.42. The monoisotopic (exact) mass is 226 g/mol. The summed E-state index contributed by atoms with van der Waals surface area (Å²) >= 11 is 2.85. The largest absolute Gasteiger partial charge is 0.428 e. The molecule has 2 aromatic rings. The zero-order valence-corrected chi connectivity index (χ0v) is 8.89. The van der Waals surface area contributed by atoms with Crippen molar-refractivity contribution < 1.29 is 4.42 Å². The fourth-order valence-electron chi connectivity index (χ4n) is 0.943. The Morgan fingerprint density at radius 3 is 3.00 bits per heavy atom. The third-order valence-electron chi connectivity index (χ3n) is 1.41. The number of hydrogen-bond acceptors (Lipinski definition) is 6. The molecule has 0 fully saturated rings. The van der Waals surface area contributed by atoms with E-state index in [1.54, 1.807) is 18.5 Å². The Morgan fingerprint density at radius 1 is 1.50 bits per heavy atom. The Labute approximate surface area is 88.0 Å². The smallest absolute Gasteiger partial charge is 0.336 e. The van der Waals surface area contributed by atoms with E-state index >= 15 is 0 Å². The first-order chi connectivity index (χ1) is 6.74. The maximum Gasteiger partial charge on any atom is 0.336 e. The van der Waals surface area contributed by atoms with Gasteiger partial charge in [-0.1, -0.05) is 23.1 Å². The van der Waals surface area contributed by atoms with Crippen molar-refractivity contribution in [2.75, 3.05) is 0 Å². The topological polar surface area (TPSA) is 56.0 Å². The minimum absolute atomic E-state index is 0.336. The molecule has 4 nitrogen and oxygen atoms in total. The lowest BCUT2D eigenvalue weighted by atomic mass is 10.4. The van der Waals surface area contributed by atoms with Crippen LogP contribution in [-0.2, 0) is 0 Å². The van der Waals surface area contributed by atoms with Gasteiger partial charge in [-0.2, -0.15) is 0 Å². The second kappa shape index (κ2) is 3.93. The van der Waals surface area contributed by atoms with E-state index in [0.717, 1.165) is 9.24 Å². The molecular weight excluding hydrogens is 220 g/mol. The number of aromatic nitrogens is 2. The van der Waals surface area contributed by atoms with Crippen molar-refractivity contribution in [1.82, 2.24) is 10.2 Å². The van der Waals surface area contributed by atoms with Crippen LogP contribution in [0.1, 0.15) is 5.76 Å². The van der Waals surface area contributed by atoms with Crippen LogP contribution in [0.4, 0.5) is 0 Å². The molecule has 0 saturated heterocycles. The molecule has 2 aromatic heterocycles. The van der Waals surface area contributed by atoms with E-state index in [1.807, 2.05) is 0 Å². The molecule has 0 amide bonds. The molecule has 0 N–H and O–H groups in total. The molecule has 0 aliphatic rings. The molecule has 0 aromatic carbocycles. The quantitative estimate of drug-likeness (QED) is 0.783. The van der Waals surface area contributed by atoms with Crippen LogP contribution in [0.25, 0.3) is 0 Å². The summed E-state index contributed by atoms with van der Waals surface area (Å²) < 4.78 is 5.65. The molecular formula is C8H6N2O2S2. The van der Waals surface area contributed by atoms with Crippen molar-refractivity contribution in [2.45, 2.75) is 16.2 Å². The van der Waals surface area contributed by atoms with Gasteiger partial charge in [-0.3, -0.25) is 0 Å². The summed E-state index contributed by atoms with van der Waals surface area (Å²) in [6, 6.07) is 3.24. The number of aryl methyl sites for hydroxylation is 1. The van der Waals surface area contributed by atoms with Crippen LogP contribution in [0.15, 0.2) is 36.1 Å². The molecule has 0 atom stereocenters. The summed E-state index contributed by atoms with van der Waals surface area (Å²) in [5, 5.41) is 7.58. The van der Waals surface area contributed by atoms with Gasteiger partial charge in [0.05, 0.1) is 0 Å². The molecule has 0 aliphatic heterocycles. The summed E-state index contributed by atoms with van der Waals surface area (Å²) in [5.74, 6) is 0.601. The van der Waals surface area contributed by atoms with E-state index in [0.29, 0.717) is 5.76 Å². The summed E-state index contributed by atoms with van der Waals surface area (Å²) in [6.45, 7) is 1.74. The Morgan fingerprint density at radius 2 is 2.36 bits per heavy atom. The molecule has 0 bridgehead atoms. The average Bonchev–Trinajstić information content (AvgIpc) is 2.54. The number of rotatable bonds is 2. The highest BCUT2D eigenvalue weighted by molar-refractivity contribution is 8.01. The summed E-state index contributed by atoms with van der Waals surface area (Å²) in [6.07, 6.45) is 0. The Kier molecular flexibility index (Phi) is 2.64. The Balaban J connectivity index is 2.29. The van der Waals surface area contributed by atoms with Crippen LogP contribution in [0.5, 0.6) is 0 Å². The first-order valence-corrected chi connectivity index (χ1v) is 5.49. The molecule has 2 rings (SSSR count). The predicted molar refractivity (Wildman–Crippen MR) is 53.7 cm³/mol. The fourth-order valence-corrected chi connectivity index (χ4v) is 2.50. The normalized spacial score (nSPS) is 10.4. The SMILES string of the molecule is Cc1cc(Sc2nncs2)cc(=O)o1. The third kappa shape index (κ3) is 2.21. The average molecular weight is 226 g/mol. The molecule has 0 aliphatic carbocycles. The number of hydrogen-bond donors (Lipinski definition) is 0. The Hall–Kier alpha value is -1.14. The summed E-state index contributed by atoms with van der Waals surface area (Å²) in [7, 11) is 0. The molecule has 0 spiro atoms. The molecule has 2 heterocycles. The van der Waals surface area contributed by atoms with Crippen molar-refractivity contribution in [2.24, 2.45) is 0 Å². The van der Waals surface area contributed by atoms with E-state index in [2.05, 4.69) is 10.2 Å². The van der Waals surface area contributed by atoms with Gasteiger partial charge in [0.2, 0.25) is 0 Å². The van der Waals surface area contributed by atoms with Gasteiger partial charge in [-0.15, -0.1) is 10.2 Å². The Bertz CT molecular complexity index is 478. The van der Waals surface area contributed by atoms with E-state index in [4.69, 9.17) is 4.42 Å². The van der Waals surface area contributed by atoms with Gasteiger partial charge in [-0.05, 0) is 13.0 Å². The van der Waals surface area contributed by atoms with Gasteiger partial charge >= 0.3 is 5.63 Å². The van der Waals surface area contributed by atoms with Crippen molar-refractivity contribution in [3.8, 4) is 0 Å². The lowest BCUT2D eigenvalue weighted by Gasteiger charge is -1.96. The minimum Gasteiger partial charge on any atom is -0.428 e. The van der Waals surface area contributed by atoms with Crippen molar-refractivity contribution >= 4 is 23.1 Å². The zero-order valence-electron chi connectivity index (χ0n) is 7.26. The minimum atomic E-state index is -0.336. The van der Waals surface area contributed by atoms with Crippen LogP contribution in [0.2, 0.25) is 0 Å². The van der Waals surface area contributed by atoms with Crippen molar-refractivity contribution in [3.63, 3.8) is 0 Å². The molecule has 0 saturated carbocycles. The van der Waals surface area contributed by atoms with Gasteiger partial charge < -0.3 is 4.42 Å². The number of nitrogens with zero attached hydrogens (tertiary/aromatic N) is 2. The summed E-state index contributed by atoms with van der Waals surface area (Å²) in [5.41, 5.74) is 1.32. The second-order valence-corrected chi connectivity index (χ2v) is 4.68. The standard InChI is InChI=1S/C8H6N2O2S2/c1-5-2-6(3-7(11)12-5)14-8-10-9-4-13-8/h2-4H,1H3. The molecule has 6 heteroatoms. The van der Waals surface area contributed by atoms with Crippen LogP contribution in [-0.4, -0.2) is 10.2 Å². The summed E-state index contributed by atoms with van der Waals surface area (Å²) in [4.78, 5) is 11.9. The van der Waals surface area contributed by atoms with Gasteiger partial charge in [0, 0.05) is 11.0 Å². The van der Waals surface area contributed by atoms with E-state index in [1.165, 1.54) is 29.2 Å². The molecule has 0 radical (unpaired) electrons. The fraction of sp³-hybridized carbons (Fsp3) is 0.125. The first-order valence-electron chi connectivity index (χ1n) is 3.80. The highest BCUT2D eigenvalue weighted by atomic mass is 32.2. The molecule has 14 heavy (non-hydrogen) atoms. The van der Waals surface area contributed by atoms with Gasteiger partial charge in [0.25, 0.3) is 0 Å². The second-order valence-electron chi connectivity index (χ2n) is 2.53. The van der Waals surface area contributed by atoms with Crippen molar-refractivity contribution in [3.05, 3.63) is 33.8 Å². The highest BCUT2D eigenvalue weighted by Crippen LogP contribution is 2.27. The van der Waals surface area contributed by atoms with Crippen LogP contribution >= 0.6 is 23.1 Å². The zero-order chi connectivity index (χ0) is 9.97. The van der Waals surface area contributed by atoms with E-state index in [9.17, 15) is 4.79 Å². The van der Waals surface area contributed by atoms with Gasteiger partial charge in [0.15, 0.2) is 4.34 Å². The maximum atomic E-state index is 11.0. The molecule has 0 unspecified atom stereocenters. The predicted octanol–water partition coefficient (Wildman–Crippen LogP) is 1.95. The molecule has 72 valence electrons. The van der Waals surface area contributed by atoms with Gasteiger partial charge in [-0.25, -0.2) is 4.79 Å². The van der Waals surface area contributed by atoms with E-state index in [-0.39, 0.29) is 5.63 Å². The van der Waals surface area contributed by atoms with Crippen LogP contribution < -0.4 is 5.63 Å². The van der Waals surface area contributed by atoms with Crippen LogP contribution in [0, 0.1) is 6.92 Å². The maximum absolute atomic E-state index is 11.0.